The van der Waals surface area contributed by atoms with Gasteiger partial charge in [0.25, 0.3) is 5.91 Å². The molecule has 2 rings (SSSR count). The van der Waals surface area contributed by atoms with Crippen molar-refractivity contribution in [2.75, 3.05) is 5.32 Å². The molecule has 2 aromatic carbocycles. The molecular weight excluding hydrogens is 260 g/mol. The number of halogens is 2. The number of anilines is 1. The lowest BCUT2D eigenvalue weighted by atomic mass is 10.1. The molecule has 0 saturated heterocycles. The molecule has 1 N–H and O–H groups in total. The largest absolute Gasteiger partial charge is 0.322 e. The van der Waals surface area contributed by atoms with Gasteiger partial charge in [0.15, 0.2) is 11.6 Å². The molecule has 0 aliphatic rings. The highest BCUT2D eigenvalue weighted by atomic mass is 19.2. The molecule has 0 unspecified atom stereocenters. The summed E-state index contributed by atoms with van der Waals surface area (Å²) < 4.78 is 26.7. The zero-order valence-electron chi connectivity index (χ0n) is 11.1. The standard InChI is InChI=1S/C16H15F2NO/c1-2-6-11-7-3-4-10-14(11)19-16(20)12-8-5-9-13(17)15(12)18/h3-5,7-10H,2,6H2,1H3,(H,19,20). The summed E-state index contributed by atoms with van der Waals surface area (Å²) in [4.78, 5) is 12.0. The molecule has 104 valence electrons. The molecule has 0 bridgehead atoms. The zero-order chi connectivity index (χ0) is 14.5. The average molecular weight is 275 g/mol. The maximum absolute atomic E-state index is 13.6. The summed E-state index contributed by atoms with van der Waals surface area (Å²) in [7, 11) is 0. The van der Waals surface area contributed by atoms with Crippen molar-refractivity contribution in [3.8, 4) is 0 Å². The number of amides is 1. The van der Waals surface area contributed by atoms with Gasteiger partial charge in [-0.3, -0.25) is 4.79 Å². The van der Waals surface area contributed by atoms with Crippen molar-refractivity contribution in [1.82, 2.24) is 0 Å². The van der Waals surface area contributed by atoms with Gasteiger partial charge in [-0.25, -0.2) is 8.78 Å². The van der Waals surface area contributed by atoms with E-state index in [1.807, 2.05) is 19.1 Å². The summed E-state index contributed by atoms with van der Waals surface area (Å²) in [6.45, 7) is 2.03. The highest BCUT2D eigenvalue weighted by molar-refractivity contribution is 6.04. The molecule has 0 saturated carbocycles. The summed E-state index contributed by atoms with van der Waals surface area (Å²) in [5.41, 5.74) is 1.31. The van der Waals surface area contributed by atoms with Gasteiger partial charge in [0.2, 0.25) is 0 Å². The lowest BCUT2D eigenvalue weighted by Gasteiger charge is -2.11. The van der Waals surface area contributed by atoms with E-state index in [1.165, 1.54) is 12.1 Å². The average Bonchev–Trinajstić information content (AvgIpc) is 2.44. The fraction of sp³-hybridized carbons (Fsp3) is 0.188. The summed E-state index contributed by atoms with van der Waals surface area (Å²) in [6, 6.07) is 10.9. The molecule has 0 heterocycles. The third-order valence-electron chi connectivity index (χ3n) is 2.98. The van der Waals surface area contributed by atoms with Crippen LogP contribution in [0.4, 0.5) is 14.5 Å². The zero-order valence-corrected chi connectivity index (χ0v) is 11.1. The maximum Gasteiger partial charge on any atom is 0.258 e. The predicted octanol–water partition coefficient (Wildman–Crippen LogP) is 4.17. The van der Waals surface area contributed by atoms with Crippen molar-refractivity contribution in [1.29, 1.82) is 0 Å². The second kappa shape index (κ2) is 6.28. The van der Waals surface area contributed by atoms with Crippen LogP contribution in [0.1, 0.15) is 29.3 Å². The van der Waals surface area contributed by atoms with Crippen LogP contribution in [0.15, 0.2) is 42.5 Å². The highest BCUT2D eigenvalue weighted by Gasteiger charge is 2.15. The molecule has 0 atom stereocenters. The lowest BCUT2D eigenvalue weighted by molar-refractivity contribution is 0.102. The first-order valence-corrected chi connectivity index (χ1v) is 6.46. The Kier molecular flexibility index (Phi) is 4.45. The Bertz CT molecular complexity index is 626. The van der Waals surface area contributed by atoms with Gasteiger partial charge in [-0.15, -0.1) is 0 Å². The van der Waals surface area contributed by atoms with E-state index in [0.29, 0.717) is 5.69 Å². The SMILES string of the molecule is CCCc1ccccc1NC(=O)c1cccc(F)c1F. The van der Waals surface area contributed by atoms with Crippen molar-refractivity contribution in [3.05, 3.63) is 65.2 Å². The van der Waals surface area contributed by atoms with E-state index < -0.39 is 17.5 Å². The first-order chi connectivity index (χ1) is 9.63. The van der Waals surface area contributed by atoms with E-state index in [4.69, 9.17) is 0 Å². The van der Waals surface area contributed by atoms with Crippen LogP contribution in [0, 0.1) is 11.6 Å². The van der Waals surface area contributed by atoms with Gasteiger partial charge in [0, 0.05) is 5.69 Å². The Hall–Kier alpha value is -2.23. The summed E-state index contributed by atoms with van der Waals surface area (Å²) in [6.07, 6.45) is 1.74. The number of benzene rings is 2. The van der Waals surface area contributed by atoms with Gasteiger partial charge < -0.3 is 5.32 Å². The van der Waals surface area contributed by atoms with Gasteiger partial charge in [0.1, 0.15) is 0 Å². The molecule has 20 heavy (non-hydrogen) atoms. The predicted molar refractivity (Wildman–Crippen MR) is 74.7 cm³/mol. The van der Waals surface area contributed by atoms with Gasteiger partial charge in [-0.2, -0.15) is 0 Å². The van der Waals surface area contributed by atoms with Gasteiger partial charge >= 0.3 is 0 Å². The molecule has 4 heteroatoms. The fourth-order valence-electron chi connectivity index (χ4n) is 2.00. The number of nitrogens with one attached hydrogen (secondary N) is 1. The third-order valence-corrected chi connectivity index (χ3v) is 2.98. The Balaban J connectivity index is 2.26. The van der Waals surface area contributed by atoms with Crippen molar-refractivity contribution in [2.45, 2.75) is 19.8 Å². The second-order valence-corrected chi connectivity index (χ2v) is 4.46. The number of rotatable bonds is 4. The molecule has 0 aromatic heterocycles. The molecular formula is C16H15F2NO. The van der Waals surface area contributed by atoms with Crippen LogP contribution in [0.25, 0.3) is 0 Å². The molecule has 1 amide bonds. The van der Waals surface area contributed by atoms with Crippen LogP contribution in [-0.4, -0.2) is 5.91 Å². The monoisotopic (exact) mass is 275 g/mol. The van der Waals surface area contributed by atoms with Crippen LogP contribution in [0.5, 0.6) is 0 Å². The molecule has 0 radical (unpaired) electrons. The maximum atomic E-state index is 13.6. The topological polar surface area (TPSA) is 29.1 Å². The molecule has 0 aliphatic carbocycles. The number of carbonyl (C=O) groups is 1. The summed E-state index contributed by atoms with van der Waals surface area (Å²) >= 11 is 0. The van der Waals surface area contributed by atoms with Crippen LogP contribution >= 0.6 is 0 Å². The van der Waals surface area contributed by atoms with E-state index in [9.17, 15) is 13.6 Å². The van der Waals surface area contributed by atoms with E-state index in [1.54, 1.807) is 12.1 Å². The van der Waals surface area contributed by atoms with Crippen molar-refractivity contribution in [2.24, 2.45) is 0 Å². The van der Waals surface area contributed by atoms with Crippen LogP contribution in [0.3, 0.4) is 0 Å². The van der Waals surface area contributed by atoms with E-state index in [2.05, 4.69) is 5.32 Å². The number of para-hydroxylation sites is 1. The number of hydrogen-bond acceptors (Lipinski definition) is 1. The highest BCUT2D eigenvalue weighted by Crippen LogP contribution is 2.19. The molecule has 0 aliphatic heterocycles. The molecule has 2 nitrogen and oxygen atoms in total. The van der Waals surface area contributed by atoms with Crippen molar-refractivity contribution < 1.29 is 13.6 Å². The van der Waals surface area contributed by atoms with E-state index in [0.717, 1.165) is 24.5 Å². The molecule has 0 fully saturated rings. The van der Waals surface area contributed by atoms with Gasteiger partial charge in [-0.1, -0.05) is 37.6 Å². The Morgan fingerprint density at radius 1 is 1.10 bits per heavy atom. The Morgan fingerprint density at radius 3 is 2.60 bits per heavy atom. The van der Waals surface area contributed by atoms with Gasteiger partial charge in [-0.05, 0) is 30.2 Å². The summed E-state index contributed by atoms with van der Waals surface area (Å²) in [5.74, 6) is -2.80. The minimum Gasteiger partial charge on any atom is -0.322 e. The lowest BCUT2D eigenvalue weighted by Crippen LogP contribution is -2.15. The Morgan fingerprint density at radius 2 is 1.85 bits per heavy atom. The summed E-state index contributed by atoms with van der Waals surface area (Å²) in [5, 5.41) is 2.63. The smallest absolute Gasteiger partial charge is 0.258 e. The minimum absolute atomic E-state index is 0.295. The third kappa shape index (κ3) is 3.02. The molecule has 2 aromatic rings. The second-order valence-electron chi connectivity index (χ2n) is 4.46. The van der Waals surface area contributed by atoms with E-state index >= 15 is 0 Å². The van der Waals surface area contributed by atoms with E-state index in [-0.39, 0.29) is 5.56 Å². The first-order valence-electron chi connectivity index (χ1n) is 6.46. The first kappa shape index (κ1) is 14.2. The van der Waals surface area contributed by atoms with Crippen molar-refractivity contribution >= 4 is 11.6 Å². The van der Waals surface area contributed by atoms with Crippen LogP contribution in [-0.2, 0) is 6.42 Å². The Labute approximate surface area is 116 Å². The minimum atomic E-state index is -1.13. The normalized spacial score (nSPS) is 10.3. The fourth-order valence-corrected chi connectivity index (χ4v) is 2.00. The quantitative estimate of drug-likeness (QED) is 0.891. The van der Waals surface area contributed by atoms with Gasteiger partial charge in [0.05, 0.1) is 5.56 Å². The molecule has 0 spiro atoms. The van der Waals surface area contributed by atoms with Crippen molar-refractivity contribution in [3.63, 3.8) is 0 Å². The van der Waals surface area contributed by atoms with Crippen LogP contribution in [0.2, 0.25) is 0 Å². The number of carbonyl (C=O) groups excluding carboxylic acids is 1. The number of hydrogen-bond donors (Lipinski definition) is 1. The number of aryl methyl sites for hydroxylation is 1. The van der Waals surface area contributed by atoms with Crippen LogP contribution < -0.4 is 5.32 Å².